The molecule has 2 amide bonds. The SMILES string of the molecule is NC(=Nc1ccc(S(N)(=O)=O)cc1)NC(=O)/C(=C\c1ccc([N+](=O)[O-])cc1)NC(=O)c1ccccc1. The number of guanidine groups is 1. The molecule has 3 rings (SSSR count). The molecule has 0 spiro atoms. The van der Waals surface area contributed by atoms with E-state index in [1.165, 1.54) is 54.6 Å². The minimum Gasteiger partial charge on any atom is -0.369 e. The molecule has 0 aromatic heterocycles. The zero-order valence-electron chi connectivity index (χ0n) is 18.5. The van der Waals surface area contributed by atoms with Crippen molar-refractivity contribution in [2.45, 2.75) is 4.90 Å². The number of nitrogens with two attached hydrogens (primary N) is 2. The minimum absolute atomic E-state index is 0.124. The van der Waals surface area contributed by atoms with Crippen molar-refractivity contribution in [2.75, 3.05) is 0 Å². The molecule has 36 heavy (non-hydrogen) atoms. The van der Waals surface area contributed by atoms with Gasteiger partial charge in [0.25, 0.3) is 17.5 Å². The summed E-state index contributed by atoms with van der Waals surface area (Å²) >= 11 is 0. The summed E-state index contributed by atoms with van der Waals surface area (Å²) in [5.41, 5.74) is 6.38. The van der Waals surface area contributed by atoms with Gasteiger partial charge in [0.2, 0.25) is 16.0 Å². The molecule has 6 N–H and O–H groups in total. The van der Waals surface area contributed by atoms with E-state index in [0.717, 1.165) is 0 Å². The van der Waals surface area contributed by atoms with Crippen LogP contribution in [0.3, 0.4) is 0 Å². The summed E-state index contributed by atoms with van der Waals surface area (Å²) in [6, 6.07) is 18.6. The Bertz CT molecular complexity index is 1450. The third-order valence-electron chi connectivity index (χ3n) is 4.60. The number of hydrogen-bond acceptors (Lipinski definition) is 7. The molecule has 0 aliphatic heterocycles. The van der Waals surface area contributed by atoms with Gasteiger partial charge in [-0.15, -0.1) is 0 Å². The molecule has 0 saturated heterocycles. The molecule has 0 saturated carbocycles. The van der Waals surface area contributed by atoms with E-state index in [-0.39, 0.29) is 33.5 Å². The Morgan fingerprint density at radius 1 is 0.917 bits per heavy atom. The van der Waals surface area contributed by atoms with Gasteiger partial charge in [0, 0.05) is 17.7 Å². The molecule has 0 unspecified atom stereocenters. The summed E-state index contributed by atoms with van der Waals surface area (Å²) in [7, 11) is -3.88. The van der Waals surface area contributed by atoms with Crippen LogP contribution in [-0.2, 0) is 14.8 Å². The van der Waals surface area contributed by atoms with Gasteiger partial charge in [-0.25, -0.2) is 18.5 Å². The van der Waals surface area contributed by atoms with E-state index in [9.17, 15) is 28.1 Å². The zero-order valence-corrected chi connectivity index (χ0v) is 19.3. The number of sulfonamides is 1. The first-order valence-corrected chi connectivity index (χ1v) is 11.7. The largest absolute Gasteiger partial charge is 0.369 e. The van der Waals surface area contributed by atoms with Gasteiger partial charge in [0.15, 0.2) is 0 Å². The number of rotatable bonds is 7. The molecule has 0 radical (unpaired) electrons. The van der Waals surface area contributed by atoms with Crippen LogP contribution < -0.4 is 21.5 Å². The van der Waals surface area contributed by atoms with E-state index < -0.39 is 26.8 Å². The highest BCUT2D eigenvalue weighted by Crippen LogP contribution is 2.16. The number of nitrogens with zero attached hydrogens (tertiary/aromatic N) is 2. The second kappa shape index (κ2) is 11.0. The number of non-ortho nitro benzene ring substituents is 1. The molecule has 0 atom stereocenters. The van der Waals surface area contributed by atoms with Gasteiger partial charge in [-0.05, 0) is 60.2 Å². The zero-order chi connectivity index (χ0) is 26.3. The lowest BCUT2D eigenvalue weighted by atomic mass is 10.1. The van der Waals surface area contributed by atoms with Gasteiger partial charge < -0.3 is 11.1 Å². The summed E-state index contributed by atoms with van der Waals surface area (Å²) in [5, 5.41) is 20.8. The van der Waals surface area contributed by atoms with Crippen molar-refractivity contribution >= 4 is 45.2 Å². The lowest BCUT2D eigenvalue weighted by molar-refractivity contribution is -0.384. The van der Waals surface area contributed by atoms with Gasteiger partial charge in [0.05, 0.1) is 15.5 Å². The Hall–Kier alpha value is -4.88. The number of nitrogens with one attached hydrogen (secondary N) is 2. The molecule has 0 heterocycles. The molecule has 184 valence electrons. The maximum atomic E-state index is 12.9. The fourth-order valence-electron chi connectivity index (χ4n) is 2.86. The highest BCUT2D eigenvalue weighted by molar-refractivity contribution is 7.89. The van der Waals surface area contributed by atoms with E-state index in [1.807, 2.05) is 0 Å². The number of carbonyl (C=O) groups excluding carboxylic acids is 2. The van der Waals surface area contributed by atoms with Crippen molar-refractivity contribution in [1.82, 2.24) is 10.6 Å². The predicted molar refractivity (Wildman–Crippen MR) is 132 cm³/mol. The predicted octanol–water partition coefficient (Wildman–Crippen LogP) is 1.78. The molecular formula is C23H20N6O6S. The van der Waals surface area contributed by atoms with E-state index in [2.05, 4.69) is 15.6 Å². The standard InChI is InChI=1S/C23H20N6O6S/c24-23(26-17-8-12-19(13-9-17)36(25,34)35)28-22(31)20(27-21(30)16-4-2-1-3-5-16)14-15-6-10-18(11-7-15)29(32)33/h1-14H,(H,27,30)(H2,25,34,35)(H3,24,26,28,31)/b20-14+. The third-order valence-corrected chi connectivity index (χ3v) is 5.53. The Morgan fingerprint density at radius 2 is 1.53 bits per heavy atom. The second-order valence-corrected chi connectivity index (χ2v) is 8.78. The number of hydrogen-bond donors (Lipinski definition) is 4. The lowest BCUT2D eigenvalue weighted by Gasteiger charge is -2.11. The molecule has 0 aliphatic rings. The summed E-state index contributed by atoms with van der Waals surface area (Å²) in [5.74, 6) is -1.74. The average Bonchev–Trinajstić information content (AvgIpc) is 2.84. The normalized spacial score (nSPS) is 12.0. The number of aliphatic imine (C=N–C) groups is 1. The average molecular weight is 509 g/mol. The number of benzene rings is 3. The van der Waals surface area contributed by atoms with Crippen LogP contribution in [0.4, 0.5) is 11.4 Å². The maximum Gasteiger partial charge on any atom is 0.274 e. The molecule has 12 nitrogen and oxygen atoms in total. The fraction of sp³-hybridized carbons (Fsp3) is 0. The highest BCUT2D eigenvalue weighted by Gasteiger charge is 2.16. The number of carbonyl (C=O) groups is 2. The van der Waals surface area contributed by atoms with Crippen LogP contribution >= 0.6 is 0 Å². The van der Waals surface area contributed by atoms with Gasteiger partial charge >= 0.3 is 0 Å². The molecule has 0 fully saturated rings. The van der Waals surface area contributed by atoms with E-state index in [0.29, 0.717) is 5.56 Å². The van der Waals surface area contributed by atoms with Crippen LogP contribution in [0.2, 0.25) is 0 Å². The number of nitro groups is 1. The van der Waals surface area contributed by atoms with Crippen molar-refractivity contribution in [3.8, 4) is 0 Å². The van der Waals surface area contributed by atoms with Crippen LogP contribution in [0, 0.1) is 10.1 Å². The van der Waals surface area contributed by atoms with E-state index in [1.54, 1.807) is 30.3 Å². The smallest absolute Gasteiger partial charge is 0.274 e. The van der Waals surface area contributed by atoms with Crippen LogP contribution in [-0.4, -0.2) is 31.1 Å². The van der Waals surface area contributed by atoms with E-state index >= 15 is 0 Å². The fourth-order valence-corrected chi connectivity index (χ4v) is 3.38. The van der Waals surface area contributed by atoms with Gasteiger partial charge in [-0.1, -0.05) is 18.2 Å². The first-order valence-electron chi connectivity index (χ1n) is 10.1. The van der Waals surface area contributed by atoms with Gasteiger partial charge in [-0.2, -0.15) is 0 Å². The summed E-state index contributed by atoms with van der Waals surface area (Å²) in [4.78, 5) is 39.8. The second-order valence-electron chi connectivity index (χ2n) is 7.22. The van der Waals surface area contributed by atoms with Crippen LogP contribution in [0.1, 0.15) is 15.9 Å². The van der Waals surface area contributed by atoms with Crippen LogP contribution in [0.5, 0.6) is 0 Å². The monoisotopic (exact) mass is 508 g/mol. The Morgan fingerprint density at radius 3 is 2.08 bits per heavy atom. The number of nitro benzene ring substituents is 1. The molecule has 13 heteroatoms. The number of amides is 2. The van der Waals surface area contributed by atoms with Crippen molar-refractivity contribution in [2.24, 2.45) is 15.9 Å². The summed E-state index contributed by atoms with van der Waals surface area (Å²) < 4.78 is 22.7. The molecular weight excluding hydrogens is 488 g/mol. The summed E-state index contributed by atoms with van der Waals surface area (Å²) in [6.07, 6.45) is 1.31. The first kappa shape index (κ1) is 25.7. The summed E-state index contributed by atoms with van der Waals surface area (Å²) in [6.45, 7) is 0. The van der Waals surface area contributed by atoms with Gasteiger partial charge in [0.1, 0.15) is 5.70 Å². The molecule has 3 aromatic carbocycles. The number of primary sulfonamides is 1. The Kier molecular flexibility index (Phi) is 7.89. The highest BCUT2D eigenvalue weighted by atomic mass is 32.2. The minimum atomic E-state index is -3.88. The Labute approximate surface area is 205 Å². The maximum absolute atomic E-state index is 12.9. The van der Waals surface area contributed by atoms with Crippen LogP contribution in [0.25, 0.3) is 6.08 Å². The quantitative estimate of drug-likeness (QED) is 0.122. The molecule has 0 bridgehead atoms. The Balaban J connectivity index is 1.85. The first-order chi connectivity index (χ1) is 17.0. The topological polar surface area (TPSA) is 200 Å². The lowest BCUT2D eigenvalue weighted by Crippen LogP contribution is -2.41. The van der Waals surface area contributed by atoms with Crippen molar-refractivity contribution < 1.29 is 22.9 Å². The van der Waals surface area contributed by atoms with Crippen LogP contribution in [0.15, 0.2) is 94.4 Å². The van der Waals surface area contributed by atoms with E-state index in [4.69, 9.17) is 10.9 Å². The van der Waals surface area contributed by atoms with Crippen molar-refractivity contribution in [3.63, 3.8) is 0 Å². The van der Waals surface area contributed by atoms with Crippen molar-refractivity contribution in [1.29, 1.82) is 0 Å². The molecule has 0 aliphatic carbocycles. The molecule has 3 aromatic rings. The third kappa shape index (κ3) is 7.06. The van der Waals surface area contributed by atoms with Gasteiger partial charge in [-0.3, -0.25) is 25.0 Å². The van der Waals surface area contributed by atoms with Crippen molar-refractivity contribution in [3.05, 3.63) is 106 Å².